The van der Waals surface area contributed by atoms with Crippen LogP contribution in [0.3, 0.4) is 0 Å². The van der Waals surface area contributed by atoms with Crippen LogP contribution in [0.4, 0.5) is 0 Å². The molecule has 1 aliphatic rings. The van der Waals surface area contributed by atoms with Crippen molar-refractivity contribution in [2.45, 2.75) is 39.7 Å². The van der Waals surface area contributed by atoms with E-state index in [9.17, 15) is 0 Å². The minimum Gasteiger partial charge on any atom is -0.476 e. The highest BCUT2D eigenvalue weighted by Crippen LogP contribution is 2.25. The molecule has 0 aromatic carbocycles. The Bertz CT molecular complexity index is 515. The van der Waals surface area contributed by atoms with Crippen LogP contribution in [0.2, 0.25) is 5.02 Å². The maximum atomic E-state index is 6.17. The third kappa shape index (κ3) is 5.37. The molecule has 0 bridgehead atoms. The number of guanidine groups is 1. The van der Waals surface area contributed by atoms with Crippen molar-refractivity contribution in [2.75, 3.05) is 13.2 Å². The van der Waals surface area contributed by atoms with Crippen molar-refractivity contribution in [3.05, 3.63) is 22.8 Å². The van der Waals surface area contributed by atoms with Gasteiger partial charge in [-0.2, -0.15) is 0 Å². The number of halogens is 1. The van der Waals surface area contributed by atoms with E-state index in [-0.39, 0.29) is 0 Å². The molecular weight excluding hydrogens is 300 g/mol. The van der Waals surface area contributed by atoms with Gasteiger partial charge in [-0.1, -0.05) is 31.9 Å². The molecule has 1 aliphatic carbocycles. The van der Waals surface area contributed by atoms with Crippen LogP contribution < -0.4 is 15.8 Å². The SMILES string of the molecule is CC(C)COc1ncc(CN=C(N)NCC2CCC2)cc1Cl. The van der Waals surface area contributed by atoms with Gasteiger partial charge in [0, 0.05) is 12.7 Å². The molecule has 1 heterocycles. The monoisotopic (exact) mass is 324 g/mol. The van der Waals surface area contributed by atoms with E-state index in [0.717, 1.165) is 18.0 Å². The Morgan fingerprint density at radius 3 is 2.91 bits per heavy atom. The maximum absolute atomic E-state index is 6.17. The predicted molar refractivity (Wildman–Crippen MR) is 90.3 cm³/mol. The van der Waals surface area contributed by atoms with Gasteiger partial charge in [0.25, 0.3) is 0 Å². The van der Waals surface area contributed by atoms with Gasteiger partial charge in [0.2, 0.25) is 5.88 Å². The third-order valence-electron chi connectivity index (χ3n) is 3.65. The predicted octanol–water partition coefficient (Wildman–Crippen LogP) is 2.97. The standard InChI is InChI=1S/C16H25ClN4O/c1-11(2)10-22-15-14(17)6-13(8-19-15)9-21-16(18)20-7-12-4-3-5-12/h6,8,11-12H,3-5,7,9-10H2,1-2H3,(H3,18,20,21). The minimum absolute atomic E-state index is 0.434. The van der Waals surface area contributed by atoms with Crippen molar-refractivity contribution in [1.29, 1.82) is 0 Å². The Morgan fingerprint density at radius 2 is 2.32 bits per heavy atom. The Hall–Kier alpha value is -1.49. The first-order chi connectivity index (χ1) is 10.5. The van der Waals surface area contributed by atoms with E-state index in [2.05, 4.69) is 29.1 Å². The van der Waals surface area contributed by atoms with E-state index in [1.807, 2.05) is 6.07 Å². The van der Waals surface area contributed by atoms with E-state index in [1.54, 1.807) is 6.20 Å². The summed E-state index contributed by atoms with van der Waals surface area (Å²) >= 11 is 6.17. The van der Waals surface area contributed by atoms with E-state index < -0.39 is 0 Å². The van der Waals surface area contributed by atoms with Gasteiger partial charge in [0.05, 0.1) is 13.2 Å². The highest BCUT2D eigenvalue weighted by molar-refractivity contribution is 6.31. The molecule has 0 spiro atoms. The molecular formula is C16H25ClN4O. The number of hydrogen-bond acceptors (Lipinski definition) is 3. The third-order valence-corrected chi connectivity index (χ3v) is 3.92. The fourth-order valence-corrected chi connectivity index (χ4v) is 2.32. The van der Waals surface area contributed by atoms with Gasteiger partial charge in [0.1, 0.15) is 5.02 Å². The number of hydrogen-bond donors (Lipinski definition) is 2. The van der Waals surface area contributed by atoms with Crippen molar-refractivity contribution in [3.8, 4) is 5.88 Å². The Kier molecular flexibility index (Phi) is 6.31. The lowest BCUT2D eigenvalue weighted by Crippen LogP contribution is -2.37. The van der Waals surface area contributed by atoms with Crippen LogP contribution in [0.1, 0.15) is 38.7 Å². The summed E-state index contributed by atoms with van der Waals surface area (Å²) < 4.78 is 5.55. The first-order valence-electron chi connectivity index (χ1n) is 7.85. The Labute approximate surface area is 137 Å². The average Bonchev–Trinajstić information content (AvgIpc) is 2.42. The smallest absolute Gasteiger partial charge is 0.232 e. The van der Waals surface area contributed by atoms with Crippen LogP contribution in [0.25, 0.3) is 0 Å². The molecule has 2 rings (SSSR count). The van der Waals surface area contributed by atoms with Gasteiger partial charge in [-0.15, -0.1) is 0 Å². The lowest BCUT2D eigenvalue weighted by atomic mass is 9.85. The summed E-state index contributed by atoms with van der Waals surface area (Å²) in [6, 6.07) is 1.83. The van der Waals surface area contributed by atoms with Crippen LogP contribution in [0, 0.1) is 11.8 Å². The van der Waals surface area contributed by atoms with E-state index in [4.69, 9.17) is 22.1 Å². The van der Waals surface area contributed by atoms with Crippen LogP contribution >= 0.6 is 11.6 Å². The highest BCUT2D eigenvalue weighted by Gasteiger charge is 2.16. The molecule has 22 heavy (non-hydrogen) atoms. The number of ether oxygens (including phenoxy) is 1. The molecule has 1 saturated carbocycles. The van der Waals surface area contributed by atoms with Crippen molar-refractivity contribution >= 4 is 17.6 Å². The van der Waals surface area contributed by atoms with E-state index in [0.29, 0.717) is 35.9 Å². The number of aromatic nitrogens is 1. The van der Waals surface area contributed by atoms with Gasteiger partial charge in [-0.3, -0.25) is 0 Å². The lowest BCUT2D eigenvalue weighted by molar-refractivity contribution is 0.261. The second-order valence-electron chi connectivity index (χ2n) is 6.21. The van der Waals surface area contributed by atoms with Crippen LogP contribution in [0.15, 0.2) is 17.3 Å². The molecule has 0 amide bonds. The molecule has 0 aliphatic heterocycles. The number of nitrogens with two attached hydrogens (primary N) is 1. The summed E-state index contributed by atoms with van der Waals surface area (Å²) in [4.78, 5) is 8.55. The first-order valence-corrected chi connectivity index (χ1v) is 8.23. The minimum atomic E-state index is 0.434. The molecule has 1 fully saturated rings. The molecule has 5 nitrogen and oxygen atoms in total. The topological polar surface area (TPSA) is 72.5 Å². The fourth-order valence-electron chi connectivity index (χ4n) is 2.08. The van der Waals surface area contributed by atoms with Crippen molar-refractivity contribution in [3.63, 3.8) is 0 Å². The van der Waals surface area contributed by atoms with Gasteiger partial charge in [-0.25, -0.2) is 9.98 Å². The number of nitrogens with zero attached hydrogens (tertiary/aromatic N) is 2. The Morgan fingerprint density at radius 1 is 1.55 bits per heavy atom. The highest BCUT2D eigenvalue weighted by atomic mass is 35.5. The fraction of sp³-hybridized carbons (Fsp3) is 0.625. The number of rotatable bonds is 7. The van der Waals surface area contributed by atoms with Crippen molar-refractivity contribution in [2.24, 2.45) is 22.6 Å². The molecule has 1 aromatic rings. The number of aliphatic imine (C=N–C) groups is 1. The quantitative estimate of drug-likeness (QED) is 0.597. The van der Waals surface area contributed by atoms with Crippen LogP contribution in [0.5, 0.6) is 5.88 Å². The summed E-state index contributed by atoms with van der Waals surface area (Å²) in [6.45, 7) is 6.13. The molecule has 1 aromatic heterocycles. The number of nitrogens with one attached hydrogen (secondary N) is 1. The molecule has 122 valence electrons. The maximum Gasteiger partial charge on any atom is 0.232 e. The zero-order valence-corrected chi connectivity index (χ0v) is 14.1. The van der Waals surface area contributed by atoms with Gasteiger partial charge in [-0.05, 0) is 36.3 Å². The molecule has 0 radical (unpaired) electrons. The summed E-state index contributed by atoms with van der Waals surface area (Å²) in [7, 11) is 0. The average molecular weight is 325 g/mol. The molecule has 0 atom stereocenters. The number of pyridine rings is 1. The molecule has 6 heteroatoms. The lowest BCUT2D eigenvalue weighted by Gasteiger charge is -2.25. The summed E-state index contributed by atoms with van der Waals surface area (Å²) in [5.41, 5.74) is 6.77. The second-order valence-corrected chi connectivity index (χ2v) is 6.62. The van der Waals surface area contributed by atoms with Crippen molar-refractivity contribution in [1.82, 2.24) is 10.3 Å². The van der Waals surface area contributed by atoms with E-state index in [1.165, 1.54) is 19.3 Å². The zero-order chi connectivity index (χ0) is 15.9. The second kappa shape index (κ2) is 8.22. The zero-order valence-electron chi connectivity index (χ0n) is 13.3. The molecule has 3 N–H and O–H groups in total. The first kappa shape index (κ1) is 16.9. The largest absolute Gasteiger partial charge is 0.476 e. The molecule has 0 saturated heterocycles. The van der Waals surface area contributed by atoms with Crippen molar-refractivity contribution < 1.29 is 4.74 Å². The summed E-state index contributed by atoms with van der Waals surface area (Å²) in [6.07, 6.45) is 5.64. The summed E-state index contributed by atoms with van der Waals surface area (Å²) in [5.74, 6) is 2.13. The summed E-state index contributed by atoms with van der Waals surface area (Å²) in [5, 5.41) is 3.67. The van der Waals surface area contributed by atoms with Crippen LogP contribution in [-0.2, 0) is 6.54 Å². The Balaban J connectivity index is 1.82. The molecule has 0 unspecified atom stereocenters. The van der Waals surface area contributed by atoms with Gasteiger partial charge < -0.3 is 15.8 Å². The van der Waals surface area contributed by atoms with Crippen LogP contribution in [-0.4, -0.2) is 24.1 Å². The van der Waals surface area contributed by atoms with Gasteiger partial charge in [0.15, 0.2) is 5.96 Å². The normalized spacial score (nSPS) is 15.7. The van der Waals surface area contributed by atoms with Gasteiger partial charge >= 0.3 is 0 Å². The van der Waals surface area contributed by atoms with E-state index >= 15 is 0 Å².